The minimum atomic E-state index is -0.651. The highest BCUT2D eigenvalue weighted by atomic mass is 79.9. The first-order valence-corrected chi connectivity index (χ1v) is 8.02. The maximum atomic E-state index is 13.0. The first-order valence-electron chi connectivity index (χ1n) is 7.23. The molecule has 128 valence electrons. The van der Waals surface area contributed by atoms with Crippen LogP contribution in [0.1, 0.15) is 5.69 Å². The maximum absolute atomic E-state index is 13.0. The second-order valence-corrected chi connectivity index (χ2v) is 5.98. The third kappa shape index (κ3) is 4.42. The summed E-state index contributed by atoms with van der Waals surface area (Å²) < 4.78 is 25.3. The molecule has 0 spiro atoms. The van der Waals surface area contributed by atoms with Gasteiger partial charge in [-0.2, -0.15) is 0 Å². The molecule has 0 bridgehead atoms. The monoisotopic (exact) mass is 406 g/mol. The van der Waals surface area contributed by atoms with Crippen LogP contribution in [0.25, 0.3) is 5.65 Å². The Morgan fingerprint density at radius 3 is 2.88 bits per heavy atom. The van der Waals surface area contributed by atoms with Crippen molar-refractivity contribution in [1.82, 2.24) is 9.38 Å². The molecule has 3 rings (SSSR count). The Morgan fingerprint density at radius 1 is 1.24 bits per heavy atom. The molecule has 0 amide bonds. The van der Waals surface area contributed by atoms with Crippen LogP contribution in [-0.4, -0.2) is 22.0 Å². The van der Waals surface area contributed by atoms with Crippen molar-refractivity contribution in [2.75, 3.05) is 6.61 Å². The topological polar surface area (TPSA) is 69.9 Å². The van der Waals surface area contributed by atoms with E-state index in [1.54, 1.807) is 18.3 Å². The highest BCUT2D eigenvalue weighted by molar-refractivity contribution is 9.10. The van der Waals surface area contributed by atoms with Crippen LogP contribution in [0.4, 0.5) is 4.39 Å². The summed E-state index contributed by atoms with van der Waals surface area (Å²) >= 11 is 3.28. The van der Waals surface area contributed by atoms with E-state index < -0.39 is 11.8 Å². The zero-order valence-corrected chi connectivity index (χ0v) is 14.4. The molecule has 0 N–H and O–H groups in total. The summed E-state index contributed by atoms with van der Waals surface area (Å²) in [5, 5.41) is 0. The van der Waals surface area contributed by atoms with Crippen LogP contribution in [0.3, 0.4) is 0 Å². The van der Waals surface area contributed by atoms with Gasteiger partial charge in [-0.1, -0.05) is 6.07 Å². The number of carbonyl (C=O) groups is 1. The Bertz CT molecular complexity index is 990. The molecule has 2 heterocycles. The molecule has 25 heavy (non-hydrogen) atoms. The summed E-state index contributed by atoms with van der Waals surface area (Å²) in [5.74, 6) is -0.884. The molecule has 8 heteroatoms. The molecule has 0 atom stereocenters. The molecule has 0 aliphatic carbocycles. The number of ether oxygens (including phenoxy) is 2. The Hall–Kier alpha value is -2.74. The van der Waals surface area contributed by atoms with E-state index in [2.05, 4.69) is 20.9 Å². The minimum absolute atomic E-state index is 0.160. The fraction of sp³-hybridized carbons (Fsp3) is 0.118. The fourth-order valence-corrected chi connectivity index (χ4v) is 2.43. The first kappa shape index (κ1) is 17.1. The Balaban J connectivity index is 1.61. The van der Waals surface area contributed by atoms with Gasteiger partial charge in [0.05, 0.1) is 5.69 Å². The van der Waals surface area contributed by atoms with Gasteiger partial charge in [-0.3, -0.25) is 9.20 Å². The SMILES string of the molecule is O=C(COc1cccc(F)c1)OCc1cc(=O)n2cc(Br)ccc2n1. The summed E-state index contributed by atoms with van der Waals surface area (Å²) in [5.41, 5.74) is 0.484. The van der Waals surface area contributed by atoms with Crippen molar-refractivity contribution in [2.24, 2.45) is 0 Å². The Labute approximate surface area is 150 Å². The van der Waals surface area contributed by atoms with Gasteiger partial charge in [0.25, 0.3) is 5.56 Å². The zero-order valence-electron chi connectivity index (χ0n) is 12.8. The van der Waals surface area contributed by atoms with Gasteiger partial charge in [0.2, 0.25) is 0 Å². The van der Waals surface area contributed by atoms with Gasteiger partial charge in [-0.25, -0.2) is 14.2 Å². The summed E-state index contributed by atoms with van der Waals surface area (Å²) in [4.78, 5) is 28.0. The van der Waals surface area contributed by atoms with Gasteiger partial charge in [-0.05, 0) is 40.2 Å². The van der Waals surface area contributed by atoms with Gasteiger partial charge in [0, 0.05) is 22.8 Å². The van der Waals surface area contributed by atoms with E-state index in [0.717, 1.165) is 10.5 Å². The average molecular weight is 407 g/mol. The van der Waals surface area contributed by atoms with Gasteiger partial charge >= 0.3 is 5.97 Å². The number of nitrogens with zero attached hydrogens (tertiary/aromatic N) is 2. The van der Waals surface area contributed by atoms with Crippen molar-refractivity contribution in [2.45, 2.75) is 6.61 Å². The number of hydrogen-bond acceptors (Lipinski definition) is 5. The molecule has 0 saturated carbocycles. The number of aromatic nitrogens is 2. The van der Waals surface area contributed by atoms with Crippen LogP contribution in [0.15, 0.2) is 57.9 Å². The van der Waals surface area contributed by atoms with E-state index in [-0.39, 0.29) is 24.5 Å². The largest absolute Gasteiger partial charge is 0.482 e. The molecule has 0 saturated heterocycles. The van der Waals surface area contributed by atoms with Gasteiger partial charge in [0.15, 0.2) is 6.61 Å². The molecule has 6 nitrogen and oxygen atoms in total. The predicted octanol–water partition coefficient (Wildman–Crippen LogP) is 2.72. The molecular weight excluding hydrogens is 395 g/mol. The van der Waals surface area contributed by atoms with Crippen LogP contribution in [0.5, 0.6) is 5.75 Å². The summed E-state index contributed by atoms with van der Waals surface area (Å²) in [6, 6.07) is 10.2. The van der Waals surface area contributed by atoms with Crippen LogP contribution < -0.4 is 10.3 Å². The molecule has 0 fully saturated rings. The quantitative estimate of drug-likeness (QED) is 0.609. The van der Waals surface area contributed by atoms with E-state index in [1.165, 1.54) is 28.7 Å². The lowest BCUT2D eigenvalue weighted by Gasteiger charge is -2.08. The van der Waals surface area contributed by atoms with Crippen LogP contribution in [0, 0.1) is 5.82 Å². The van der Waals surface area contributed by atoms with Crippen molar-refractivity contribution in [3.8, 4) is 5.75 Å². The Morgan fingerprint density at radius 2 is 2.08 bits per heavy atom. The minimum Gasteiger partial charge on any atom is -0.482 e. The third-order valence-corrected chi connectivity index (χ3v) is 3.68. The molecule has 3 aromatic rings. The third-order valence-electron chi connectivity index (χ3n) is 3.21. The van der Waals surface area contributed by atoms with E-state index in [9.17, 15) is 14.0 Å². The van der Waals surface area contributed by atoms with Crippen LogP contribution >= 0.6 is 15.9 Å². The number of esters is 1. The number of carbonyl (C=O) groups excluding carboxylic acids is 1. The van der Waals surface area contributed by atoms with Crippen molar-refractivity contribution < 1.29 is 18.7 Å². The van der Waals surface area contributed by atoms with E-state index >= 15 is 0 Å². The van der Waals surface area contributed by atoms with Crippen molar-refractivity contribution in [3.63, 3.8) is 0 Å². The van der Waals surface area contributed by atoms with Crippen molar-refractivity contribution in [1.29, 1.82) is 0 Å². The van der Waals surface area contributed by atoms with Gasteiger partial charge in [0.1, 0.15) is 23.8 Å². The van der Waals surface area contributed by atoms with Gasteiger partial charge in [-0.15, -0.1) is 0 Å². The van der Waals surface area contributed by atoms with Crippen LogP contribution in [-0.2, 0) is 16.1 Å². The Kier molecular flexibility index (Phi) is 5.08. The lowest BCUT2D eigenvalue weighted by atomic mass is 10.3. The lowest BCUT2D eigenvalue weighted by molar-refractivity contribution is -0.147. The highest BCUT2D eigenvalue weighted by Gasteiger charge is 2.08. The first-order chi connectivity index (χ1) is 12.0. The molecule has 0 aliphatic rings. The smallest absolute Gasteiger partial charge is 0.344 e. The van der Waals surface area contributed by atoms with Crippen LogP contribution in [0.2, 0.25) is 0 Å². The summed E-state index contributed by atoms with van der Waals surface area (Å²) in [6.45, 7) is -0.532. The van der Waals surface area contributed by atoms with Crippen molar-refractivity contribution >= 4 is 27.5 Å². The number of benzene rings is 1. The molecule has 2 aromatic heterocycles. The zero-order chi connectivity index (χ0) is 17.8. The molecule has 1 aromatic carbocycles. The highest BCUT2D eigenvalue weighted by Crippen LogP contribution is 2.12. The lowest BCUT2D eigenvalue weighted by Crippen LogP contribution is -2.18. The number of pyridine rings is 1. The standard InChI is InChI=1S/C17H12BrFN2O4/c18-11-4-5-15-20-13(7-16(22)21(15)8-11)9-25-17(23)10-24-14-3-1-2-12(19)6-14/h1-8H,9-10H2. The number of halogens is 2. The summed E-state index contributed by atoms with van der Waals surface area (Å²) in [6.07, 6.45) is 1.60. The molecule has 0 aliphatic heterocycles. The fourth-order valence-electron chi connectivity index (χ4n) is 2.10. The number of fused-ring (bicyclic) bond motifs is 1. The second-order valence-electron chi connectivity index (χ2n) is 5.07. The predicted molar refractivity (Wildman–Crippen MR) is 90.9 cm³/mol. The normalized spacial score (nSPS) is 10.6. The number of hydrogen-bond donors (Lipinski definition) is 0. The molecule has 0 unspecified atom stereocenters. The summed E-state index contributed by atoms with van der Waals surface area (Å²) in [7, 11) is 0. The molecule has 0 radical (unpaired) electrons. The van der Waals surface area contributed by atoms with E-state index in [1.807, 2.05) is 0 Å². The maximum Gasteiger partial charge on any atom is 0.344 e. The molecular formula is C17H12BrFN2O4. The second kappa shape index (κ2) is 7.43. The average Bonchev–Trinajstić information content (AvgIpc) is 2.59. The van der Waals surface area contributed by atoms with Crippen molar-refractivity contribution in [3.05, 3.63) is 75.0 Å². The van der Waals surface area contributed by atoms with Gasteiger partial charge < -0.3 is 9.47 Å². The number of rotatable bonds is 5. The van der Waals surface area contributed by atoms with E-state index in [4.69, 9.17) is 9.47 Å². The van der Waals surface area contributed by atoms with E-state index in [0.29, 0.717) is 11.3 Å².